The van der Waals surface area contributed by atoms with Crippen molar-refractivity contribution in [1.29, 1.82) is 0 Å². The molecule has 1 aliphatic rings. The molecule has 104 valence electrons. The number of thiophene rings is 1. The van der Waals surface area contributed by atoms with Crippen molar-refractivity contribution in [3.63, 3.8) is 0 Å². The third-order valence-corrected chi connectivity index (χ3v) is 5.22. The third-order valence-electron chi connectivity index (χ3n) is 4.22. The van der Waals surface area contributed by atoms with Gasteiger partial charge < -0.3 is 0 Å². The summed E-state index contributed by atoms with van der Waals surface area (Å²) in [6, 6.07) is 10.7. The van der Waals surface area contributed by atoms with Crippen LogP contribution in [0.4, 0.5) is 0 Å². The number of aryl methyl sites for hydroxylation is 3. The van der Waals surface area contributed by atoms with E-state index in [1.54, 1.807) is 0 Å². The number of benzene rings is 1. The molecule has 0 N–H and O–H groups in total. The Morgan fingerprint density at radius 1 is 1.25 bits per heavy atom. The van der Waals surface area contributed by atoms with E-state index in [4.69, 9.17) is 0 Å². The molecule has 1 atom stereocenters. The van der Waals surface area contributed by atoms with Gasteiger partial charge in [-0.05, 0) is 55.2 Å². The molecular weight excluding hydrogens is 264 g/mol. The number of rotatable bonds is 4. The fraction of sp³-hybridized carbons (Fsp3) is 0.389. The molecule has 1 aromatic heterocycles. The van der Waals surface area contributed by atoms with E-state index in [1.807, 2.05) is 11.3 Å². The van der Waals surface area contributed by atoms with Crippen LogP contribution in [0.2, 0.25) is 0 Å². The van der Waals surface area contributed by atoms with Crippen molar-refractivity contribution in [2.45, 2.75) is 44.9 Å². The van der Waals surface area contributed by atoms with Gasteiger partial charge in [0.2, 0.25) is 0 Å². The van der Waals surface area contributed by atoms with E-state index in [1.165, 1.54) is 21.6 Å². The van der Waals surface area contributed by atoms with E-state index in [-0.39, 0.29) is 5.92 Å². The molecule has 1 heterocycles. The summed E-state index contributed by atoms with van der Waals surface area (Å²) in [6.07, 6.45) is 4.90. The second-order valence-electron chi connectivity index (χ2n) is 5.70. The molecule has 0 spiro atoms. The zero-order valence-electron chi connectivity index (χ0n) is 11.9. The van der Waals surface area contributed by atoms with Crippen LogP contribution >= 0.6 is 11.3 Å². The van der Waals surface area contributed by atoms with Crippen LogP contribution in [0.3, 0.4) is 0 Å². The van der Waals surface area contributed by atoms with Gasteiger partial charge in [0.1, 0.15) is 5.78 Å². The molecule has 0 amide bonds. The summed E-state index contributed by atoms with van der Waals surface area (Å²) in [4.78, 5) is 13.9. The van der Waals surface area contributed by atoms with Gasteiger partial charge in [0.15, 0.2) is 0 Å². The lowest BCUT2D eigenvalue weighted by Crippen LogP contribution is -2.17. The van der Waals surface area contributed by atoms with Crippen molar-refractivity contribution in [3.8, 4) is 0 Å². The van der Waals surface area contributed by atoms with Crippen molar-refractivity contribution in [1.82, 2.24) is 0 Å². The fourth-order valence-corrected chi connectivity index (χ4v) is 4.00. The molecule has 0 bridgehead atoms. The highest BCUT2D eigenvalue weighted by atomic mass is 32.1. The highest BCUT2D eigenvalue weighted by molar-refractivity contribution is 7.10. The minimum atomic E-state index is 0.162. The van der Waals surface area contributed by atoms with Gasteiger partial charge >= 0.3 is 0 Å². The second kappa shape index (κ2) is 5.92. The minimum absolute atomic E-state index is 0.162. The number of carbonyl (C=O) groups excluding carboxylic acids is 1. The Balaban J connectivity index is 1.64. The number of hydrogen-bond donors (Lipinski definition) is 0. The Hall–Kier alpha value is -1.41. The first-order chi connectivity index (χ1) is 9.74. The Morgan fingerprint density at radius 2 is 2.05 bits per heavy atom. The van der Waals surface area contributed by atoms with Gasteiger partial charge in [-0.15, -0.1) is 11.3 Å². The van der Waals surface area contributed by atoms with Gasteiger partial charge in [-0.2, -0.15) is 0 Å². The summed E-state index contributed by atoms with van der Waals surface area (Å²) in [6.45, 7) is 2.09. The van der Waals surface area contributed by atoms with Gasteiger partial charge in [-0.3, -0.25) is 4.79 Å². The van der Waals surface area contributed by atoms with Crippen LogP contribution in [-0.4, -0.2) is 5.78 Å². The maximum Gasteiger partial charge on any atom is 0.140 e. The van der Waals surface area contributed by atoms with E-state index < -0.39 is 0 Å². The highest BCUT2D eigenvalue weighted by Gasteiger charge is 2.26. The van der Waals surface area contributed by atoms with E-state index in [0.717, 1.165) is 25.7 Å². The Kier molecular flexibility index (Phi) is 4.02. The van der Waals surface area contributed by atoms with Crippen molar-refractivity contribution in [3.05, 3.63) is 57.3 Å². The zero-order chi connectivity index (χ0) is 13.9. The molecule has 3 rings (SSSR count). The van der Waals surface area contributed by atoms with Crippen molar-refractivity contribution in [2.24, 2.45) is 0 Å². The zero-order valence-corrected chi connectivity index (χ0v) is 12.7. The van der Waals surface area contributed by atoms with E-state index in [0.29, 0.717) is 12.2 Å². The van der Waals surface area contributed by atoms with Crippen molar-refractivity contribution in [2.75, 3.05) is 0 Å². The molecule has 0 fully saturated rings. The lowest BCUT2D eigenvalue weighted by molar-refractivity contribution is -0.120. The minimum Gasteiger partial charge on any atom is -0.299 e. The predicted molar refractivity (Wildman–Crippen MR) is 84.5 cm³/mol. The fourth-order valence-electron chi connectivity index (χ4n) is 3.02. The monoisotopic (exact) mass is 284 g/mol. The smallest absolute Gasteiger partial charge is 0.140 e. The largest absolute Gasteiger partial charge is 0.299 e. The highest BCUT2D eigenvalue weighted by Crippen LogP contribution is 2.36. The van der Waals surface area contributed by atoms with Crippen LogP contribution in [0.1, 0.15) is 46.7 Å². The number of Topliss-reactive ketones (excluding diaryl/α,β-unsaturated/α-hetero) is 1. The number of carbonyl (C=O) groups is 1. The summed E-state index contributed by atoms with van der Waals surface area (Å²) in [7, 11) is 0. The molecular formula is C18H20OS. The molecule has 2 heteroatoms. The quantitative estimate of drug-likeness (QED) is 0.797. The van der Waals surface area contributed by atoms with Crippen LogP contribution in [0.5, 0.6) is 0 Å². The molecule has 1 nitrogen and oxygen atoms in total. The SMILES string of the molecule is Cc1ccc(CCC(=O)C2CCCc3sccc32)cc1. The van der Waals surface area contributed by atoms with Gasteiger partial charge in [0.05, 0.1) is 0 Å². The number of ketones is 1. The average Bonchev–Trinajstić information content (AvgIpc) is 2.94. The van der Waals surface area contributed by atoms with Crippen LogP contribution in [0.25, 0.3) is 0 Å². The van der Waals surface area contributed by atoms with Gasteiger partial charge in [0, 0.05) is 17.2 Å². The Morgan fingerprint density at radius 3 is 2.85 bits per heavy atom. The third kappa shape index (κ3) is 2.85. The first kappa shape index (κ1) is 13.6. The van der Waals surface area contributed by atoms with Crippen LogP contribution < -0.4 is 0 Å². The van der Waals surface area contributed by atoms with Crippen LogP contribution in [0.15, 0.2) is 35.7 Å². The molecule has 0 aliphatic heterocycles. The van der Waals surface area contributed by atoms with Gasteiger partial charge in [0.25, 0.3) is 0 Å². The standard InChI is InChI=1S/C18H20OS/c1-13-5-7-14(8-6-13)9-10-17(19)15-3-2-4-18-16(15)11-12-20-18/h5-8,11-12,15H,2-4,9-10H2,1H3. The van der Waals surface area contributed by atoms with Gasteiger partial charge in [-0.1, -0.05) is 29.8 Å². The Labute approximate surface area is 124 Å². The normalized spacial score (nSPS) is 17.8. The molecule has 0 radical (unpaired) electrons. The van der Waals surface area contributed by atoms with Gasteiger partial charge in [-0.25, -0.2) is 0 Å². The predicted octanol–water partition coefficient (Wildman–Crippen LogP) is 4.68. The van der Waals surface area contributed by atoms with Crippen molar-refractivity contribution < 1.29 is 4.79 Å². The Bertz CT molecular complexity index is 594. The molecule has 1 aliphatic carbocycles. The van der Waals surface area contributed by atoms with Crippen LogP contribution in [0, 0.1) is 6.92 Å². The molecule has 1 aromatic carbocycles. The summed E-state index contributed by atoms with van der Waals surface area (Å²) in [5, 5.41) is 2.14. The summed E-state index contributed by atoms with van der Waals surface area (Å²) in [5.74, 6) is 0.584. The summed E-state index contributed by atoms with van der Waals surface area (Å²) in [5.41, 5.74) is 3.86. The van der Waals surface area contributed by atoms with Crippen molar-refractivity contribution >= 4 is 17.1 Å². The average molecular weight is 284 g/mol. The first-order valence-corrected chi connectivity index (χ1v) is 8.26. The number of fused-ring (bicyclic) bond motifs is 1. The summed E-state index contributed by atoms with van der Waals surface area (Å²) < 4.78 is 0. The molecule has 20 heavy (non-hydrogen) atoms. The first-order valence-electron chi connectivity index (χ1n) is 7.38. The molecule has 1 unspecified atom stereocenters. The van der Waals surface area contributed by atoms with E-state index >= 15 is 0 Å². The molecule has 2 aromatic rings. The molecule has 0 saturated heterocycles. The number of hydrogen-bond acceptors (Lipinski definition) is 2. The van der Waals surface area contributed by atoms with Crippen LogP contribution in [-0.2, 0) is 17.6 Å². The van der Waals surface area contributed by atoms with E-state index in [9.17, 15) is 4.79 Å². The lowest BCUT2D eigenvalue weighted by atomic mass is 9.83. The summed E-state index contributed by atoms with van der Waals surface area (Å²) >= 11 is 1.81. The lowest BCUT2D eigenvalue weighted by Gasteiger charge is -2.21. The van der Waals surface area contributed by atoms with E-state index in [2.05, 4.69) is 42.6 Å². The molecule has 0 saturated carbocycles. The second-order valence-corrected chi connectivity index (χ2v) is 6.70. The topological polar surface area (TPSA) is 17.1 Å². The maximum absolute atomic E-state index is 12.5. The maximum atomic E-state index is 12.5.